The summed E-state index contributed by atoms with van der Waals surface area (Å²) in [5.41, 5.74) is 9.29. The monoisotopic (exact) mass is 361 g/mol. The topological polar surface area (TPSA) is 104 Å². The van der Waals surface area contributed by atoms with Gasteiger partial charge < -0.3 is 80.0 Å². The van der Waals surface area contributed by atoms with E-state index < -0.39 is 17.9 Å². The van der Waals surface area contributed by atoms with Crippen LogP contribution in [0.15, 0.2) is 35.4 Å². The predicted octanol–water partition coefficient (Wildman–Crippen LogP) is 7.06. The second-order valence-corrected chi connectivity index (χ2v) is 3.70. The Hall–Kier alpha value is -2.53. The van der Waals surface area contributed by atoms with E-state index >= 15 is 0 Å². The van der Waals surface area contributed by atoms with Gasteiger partial charge in [0.2, 0.25) is 5.91 Å². The zero-order chi connectivity index (χ0) is 14.1. The Kier molecular flexibility index (Phi) is 5.91. The maximum Gasteiger partial charge on any atom is 0.306 e. The van der Waals surface area contributed by atoms with Gasteiger partial charge in [-0.2, -0.15) is 0 Å². The zero-order valence-electron chi connectivity index (χ0n) is 59.4. The molecule has 0 aliphatic rings. The van der Waals surface area contributed by atoms with Gasteiger partial charge in [0.05, 0.1) is 13.5 Å². The van der Waals surface area contributed by atoms with Crippen LogP contribution in [0.5, 0.6) is 0 Å². The van der Waals surface area contributed by atoms with Crippen LogP contribution in [0, 0.1) is 0 Å². The highest BCUT2D eigenvalue weighted by atomic mass is 16.5. The number of azide groups is 1. The lowest BCUT2D eigenvalue weighted by molar-refractivity contribution is -0.142. The van der Waals surface area contributed by atoms with Crippen molar-refractivity contribution < 1.29 is 84.2 Å². The van der Waals surface area contributed by atoms with Gasteiger partial charge in [0.1, 0.15) is 6.04 Å². The standard InChI is InChI=1S/C12H14N4O3.49H/c1-19-11(17)7-10(15-16-13)12(18)14-8-9-5-3-2-4-6-9;;;;;;;;;;;;;;;;;;;;;;;;;;;;;;;;;;;;;;;;;;;;;;;;;/h2-6,10H,7-8H2,1H3,(H,14,18);;;;;;;;;;;;;;;;;;;;;;;;;;;;;;;;;;;;;;;;;;;;;;;;;/q;49*-1/i;49*1+1. The van der Waals surface area contributed by atoms with Crippen LogP contribution in [0.2, 0.25) is 0 Å². The van der Waals surface area contributed by atoms with Crippen LogP contribution >= 0.6 is 0 Å². The molecule has 0 aliphatic heterocycles. The van der Waals surface area contributed by atoms with Crippen LogP contribution in [0.3, 0.4) is 0 Å². The van der Waals surface area contributed by atoms with Crippen molar-refractivity contribution in [1.29, 1.82) is 0 Å². The van der Waals surface area contributed by atoms with E-state index in [4.69, 9.17) is 5.53 Å². The van der Waals surface area contributed by atoms with Gasteiger partial charge in [-0.1, -0.05) is 35.4 Å². The van der Waals surface area contributed by atoms with Crippen molar-refractivity contribution in [3.05, 3.63) is 46.3 Å². The highest BCUT2D eigenvalue weighted by Gasteiger charge is 2.20. The summed E-state index contributed by atoms with van der Waals surface area (Å²) in [6.07, 6.45) is -0.277. The molecule has 1 rings (SSSR count). The number of hydrogen-bond acceptors (Lipinski definition) is 4. The number of nitrogens with one attached hydrogen (secondary N) is 1. The van der Waals surface area contributed by atoms with Gasteiger partial charge in [-0.05, 0) is 11.1 Å². The molecule has 0 spiro atoms. The number of hydrogen-bond donors (Lipinski definition) is 1. The van der Waals surface area contributed by atoms with Crippen LogP contribution < -0.4 is 5.32 Å². The minimum atomic E-state index is -1.10. The van der Waals surface area contributed by atoms with E-state index in [9.17, 15) is 9.59 Å². The fourth-order valence-corrected chi connectivity index (χ4v) is 1.39. The number of nitrogens with zero attached hydrogens (tertiary/aromatic N) is 3. The molecule has 1 aromatic rings. The van der Waals surface area contributed by atoms with Gasteiger partial charge in [-0.15, -0.1) is 0 Å². The van der Waals surface area contributed by atoms with Gasteiger partial charge in [-0.3, -0.25) is 9.59 Å². The van der Waals surface area contributed by atoms with E-state index in [0.29, 0.717) is 6.54 Å². The summed E-state index contributed by atoms with van der Waals surface area (Å²) in [5, 5.41) is 5.89. The van der Waals surface area contributed by atoms with Crippen molar-refractivity contribution in [2.45, 2.75) is 19.0 Å². The Morgan fingerprint density at radius 2 is 2.16 bits per heavy atom. The van der Waals surface area contributed by atoms with Crippen LogP contribution in [0.4, 0.5) is 0 Å². The second kappa shape index (κ2) is 7.73. The molecule has 1 N–H and O–H groups in total. The molecule has 1 amide bonds. The number of carbonyl (C=O) groups is 2. The molecule has 1 atom stereocenters. The Morgan fingerprint density at radius 3 is 2.74 bits per heavy atom. The Labute approximate surface area is 182 Å². The van der Waals surface area contributed by atoms with Crippen LogP contribution in [0.1, 0.15) is 81.9 Å². The molecular formula is C12H63N4O3-49. The summed E-state index contributed by atoms with van der Waals surface area (Å²) in [6.45, 7) is 0.304. The Bertz CT molecular complexity index is 541. The number of ether oxygens (including phenoxy) is 1. The summed E-state index contributed by atoms with van der Waals surface area (Å²) in [5.74, 6) is -1.11. The quantitative estimate of drug-likeness (QED) is 0.254. The van der Waals surface area contributed by atoms with Crippen molar-refractivity contribution in [1.82, 2.24) is 5.32 Å². The molecule has 0 aromatic heterocycles. The lowest BCUT2D eigenvalue weighted by Crippen LogP contribution is -2.34. The van der Waals surface area contributed by atoms with Crippen molar-refractivity contribution in [3.8, 4) is 0 Å². The molecule has 0 bridgehead atoms. The average Bonchev–Trinajstić information content (AvgIpc) is 2.45. The first kappa shape index (κ1) is 14.5. The molecule has 7 nitrogen and oxygen atoms in total. The minimum Gasteiger partial charge on any atom is -1.00 e. The molecule has 1 aromatic carbocycles. The third-order valence-electron chi connectivity index (χ3n) is 2.39. The number of benzene rings is 1. The van der Waals surface area contributed by atoms with E-state index in [1.807, 2.05) is 30.3 Å². The number of amides is 1. The molecule has 0 radical (unpaired) electrons. The third kappa shape index (κ3) is 5.10. The Morgan fingerprint density at radius 1 is 1.47 bits per heavy atom. The van der Waals surface area contributed by atoms with Crippen molar-refractivity contribution >= 4 is 11.9 Å². The maximum absolute atomic E-state index is 11.8. The summed E-state index contributed by atoms with van der Waals surface area (Å²) in [6, 6.07) is 8.17. The predicted molar refractivity (Wildman–Crippen MR) is 122 cm³/mol. The number of rotatable bonds is 6. The van der Waals surface area contributed by atoms with Crippen LogP contribution in [0.25, 0.3) is 10.4 Å². The molecular weight excluding hydrogens is 248 g/mol. The highest BCUT2D eigenvalue weighted by Crippen LogP contribution is 2.03. The summed E-state index contributed by atoms with van der Waals surface area (Å²) >= 11 is 0. The summed E-state index contributed by atoms with van der Waals surface area (Å²) in [7, 11) is 1.21. The van der Waals surface area contributed by atoms with E-state index in [-0.39, 0.29) is 76.3 Å². The molecule has 0 saturated carbocycles. The van der Waals surface area contributed by atoms with E-state index in [1.54, 1.807) is 0 Å². The van der Waals surface area contributed by atoms with Crippen molar-refractivity contribution in [2.24, 2.45) is 5.11 Å². The lowest BCUT2D eigenvalue weighted by Gasteiger charge is -2.10. The van der Waals surface area contributed by atoms with Gasteiger partial charge in [0.25, 0.3) is 0 Å². The first-order chi connectivity index (χ1) is 9.17. The van der Waals surface area contributed by atoms with Gasteiger partial charge >= 0.3 is 5.97 Å². The zero-order valence-corrected chi connectivity index (χ0v) is 10.4. The average molecular weight is 361 g/mol. The molecule has 0 fully saturated rings. The number of methoxy groups -OCH3 is 1. The van der Waals surface area contributed by atoms with Gasteiger partial charge in [0.15, 0.2) is 0 Å². The van der Waals surface area contributed by atoms with E-state index in [1.165, 1.54) is 7.11 Å². The van der Waals surface area contributed by atoms with E-state index in [0.717, 1.165) is 5.56 Å². The Balaban J connectivity index is -0.00000000157. The SMILES string of the molecule is COC(=O)CC(N=[N+]=[N-])C(=O)NCc1ccccc1.[2H-].[2H-].[2H-].[2H-].[2H-].[2H-].[2H-].[2H-].[2H-].[2H-].[2H-].[2H-].[2H-].[2H-].[2H-].[2H-].[2H-].[2H-].[2H-].[2H-].[2H-].[2H-].[2H-].[2H-].[2H-].[2H-].[2H-].[2H-].[2H-].[2H-].[2H-].[2H-].[2H-].[2H-].[2H-].[2H-].[2H-].[2H-].[2H-].[2H-].[2H-].[2H-].[2H-].[2H-].[2H-].[2H-].[2H-].[2H-].[2H-]. The molecule has 198 valence electrons. The molecule has 1 unspecified atom stereocenters. The number of esters is 1. The molecule has 0 heterocycles. The summed E-state index contributed by atoms with van der Waals surface area (Å²) < 4.78 is 4.44. The smallest absolute Gasteiger partial charge is 0.306 e. The largest absolute Gasteiger partial charge is 1.00 e. The van der Waals surface area contributed by atoms with Crippen LogP contribution in [-0.2, 0) is 20.9 Å². The molecule has 0 aliphatic carbocycles. The second-order valence-electron chi connectivity index (χ2n) is 3.70. The van der Waals surface area contributed by atoms with Crippen molar-refractivity contribution in [2.75, 3.05) is 7.11 Å². The third-order valence-corrected chi connectivity index (χ3v) is 2.39. The first-order valence-electron chi connectivity index (χ1n) is 5.60. The van der Waals surface area contributed by atoms with Gasteiger partial charge in [0, 0.05) is 11.5 Å². The lowest BCUT2D eigenvalue weighted by atomic mass is 10.2. The first-order valence-corrected chi connectivity index (χ1v) is 5.60. The minimum absolute atomic E-state index is 0. The normalized spacial score (nSPS) is 11.0. The summed E-state index contributed by atoms with van der Waals surface area (Å²) in [4.78, 5) is 25.4. The fourth-order valence-electron chi connectivity index (χ4n) is 1.39. The molecule has 0 saturated heterocycles. The van der Waals surface area contributed by atoms with Gasteiger partial charge in [-0.25, -0.2) is 0 Å². The highest BCUT2D eigenvalue weighted by molar-refractivity contribution is 5.86. The molecule has 7 heteroatoms. The van der Waals surface area contributed by atoms with Crippen LogP contribution in [-0.4, -0.2) is 25.0 Å². The van der Waals surface area contributed by atoms with E-state index in [2.05, 4.69) is 20.1 Å². The number of carbonyl (C=O) groups excluding carboxylic acids is 2. The van der Waals surface area contributed by atoms with Crippen molar-refractivity contribution in [3.63, 3.8) is 0 Å². The maximum atomic E-state index is 11.8. The molecule has 19 heavy (non-hydrogen) atoms. The fraction of sp³-hybridized carbons (Fsp3) is 0.333.